The van der Waals surface area contributed by atoms with Crippen LogP contribution >= 0.6 is 11.3 Å². The van der Waals surface area contributed by atoms with Crippen LogP contribution in [0.1, 0.15) is 34.5 Å². The maximum atomic E-state index is 14.1. The van der Waals surface area contributed by atoms with Crippen LogP contribution in [0.25, 0.3) is 0 Å². The van der Waals surface area contributed by atoms with Gasteiger partial charge in [0, 0.05) is 24.6 Å². The van der Waals surface area contributed by atoms with Crippen molar-refractivity contribution >= 4 is 46.1 Å². The summed E-state index contributed by atoms with van der Waals surface area (Å²) < 4.78 is 19.2. The van der Waals surface area contributed by atoms with Crippen molar-refractivity contribution in [1.29, 1.82) is 5.41 Å². The van der Waals surface area contributed by atoms with E-state index in [-0.39, 0.29) is 22.0 Å². The number of nitrogens with one attached hydrogen (secondary N) is 2. The molecule has 1 fully saturated rings. The Hall–Kier alpha value is -4.07. The molecule has 1 aliphatic heterocycles. The molecular formula is C21H22FN5O7S. The summed E-state index contributed by atoms with van der Waals surface area (Å²) in [6, 6.07) is 2.04. The van der Waals surface area contributed by atoms with Crippen molar-refractivity contribution in [2.24, 2.45) is 11.7 Å². The van der Waals surface area contributed by atoms with Crippen molar-refractivity contribution in [3.63, 3.8) is 0 Å². The SMILES string of the molecule is N=C(N)c1ccc(OC(=O)c2cnc(N3CCC(C(=O)NC(CC(=O)O)C(=O)O)CC3)s2)c(F)c1. The third-order valence-corrected chi connectivity index (χ3v) is 6.31. The number of anilines is 1. The summed E-state index contributed by atoms with van der Waals surface area (Å²) in [7, 11) is 0. The summed E-state index contributed by atoms with van der Waals surface area (Å²) in [4.78, 5) is 52.9. The third-order valence-electron chi connectivity index (χ3n) is 5.27. The molecule has 1 aliphatic rings. The summed E-state index contributed by atoms with van der Waals surface area (Å²) in [6.45, 7) is 0.801. The second-order valence-electron chi connectivity index (χ2n) is 7.71. The highest BCUT2D eigenvalue weighted by Gasteiger charge is 2.30. The number of carbonyl (C=O) groups is 4. The van der Waals surface area contributed by atoms with Crippen LogP contribution in [-0.2, 0) is 14.4 Å². The first kappa shape index (κ1) is 25.6. The predicted molar refractivity (Wildman–Crippen MR) is 121 cm³/mol. The Morgan fingerprint density at radius 3 is 2.54 bits per heavy atom. The molecule has 14 heteroatoms. The lowest BCUT2D eigenvalue weighted by molar-refractivity contribution is -0.147. The second kappa shape index (κ2) is 10.9. The van der Waals surface area contributed by atoms with E-state index in [1.165, 1.54) is 18.3 Å². The van der Waals surface area contributed by atoms with Gasteiger partial charge in [0.05, 0.1) is 12.6 Å². The number of amides is 1. The van der Waals surface area contributed by atoms with Crippen LogP contribution in [0, 0.1) is 17.1 Å². The van der Waals surface area contributed by atoms with Gasteiger partial charge in [-0.05, 0) is 31.0 Å². The van der Waals surface area contributed by atoms with E-state index in [1.54, 1.807) is 0 Å². The Morgan fingerprint density at radius 2 is 1.97 bits per heavy atom. The van der Waals surface area contributed by atoms with E-state index in [2.05, 4.69) is 10.3 Å². The first-order chi connectivity index (χ1) is 16.5. The molecule has 186 valence electrons. The normalized spacial score (nSPS) is 14.7. The average Bonchev–Trinajstić information content (AvgIpc) is 3.30. The fourth-order valence-electron chi connectivity index (χ4n) is 3.40. The van der Waals surface area contributed by atoms with E-state index >= 15 is 0 Å². The monoisotopic (exact) mass is 507 g/mol. The van der Waals surface area contributed by atoms with Gasteiger partial charge in [-0.2, -0.15) is 0 Å². The second-order valence-corrected chi connectivity index (χ2v) is 8.72. The van der Waals surface area contributed by atoms with Crippen molar-refractivity contribution in [2.45, 2.75) is 25.3 Å². The highest BCUT2D eigenvalue weighted by atomic mass is 32.1. The van der Waals surface area contributed by atoms with Crippen LogP contribution in [0.5, 0.6) is 5.75 Å². The molecule has 1 aromatic heterocycles. The molecule has 12 nitrogen and oxygen atoms in total. The van der Waals surface area contributed by atoms with E-state index in [0.717, 1.165) is 17.4 Å². The lowest BCUT2D eigenvalue weighted by atomic mass is 9.95. The van der Waals surface area contributed by atoms with E-state index in [4.69, 9.17) is 26.1 Å². The molecular weight excluding hydrogens is 485 g/mol. The molecule has 1 aromatic carbocycles. The van der Waals surface area contributed by atoms with Gasteiger partial charge in [-0.25, -0.2) is 19.0 Å². The van der Waals surface area contributed by atoms with Crippen molar-refractivity contribution in [1.82, 2.24) is 10.3 Å². The molecule has 1 amide bonds. The number of nitrogens with zero attached hydrogens (tertiary/aromatic N) is 2. The number of aromatic nitrogens is 1. The first-order valence-electron chi connectivity index (χ1n) is 10.4. The number of hydrogen-bond donors (Lipinski definition) is 5. The minimum absolute atomic E-state index is 0.132. The van der Waals surface area contributed by atoms with Crippen molar-refractivity contribution in [3.8, 4) is 5.75 Å². The Balaban J connectivity index is 1.56. The Morgan fingerprint density at radius 1 is 1.29 bits per heavy atom. The van der Waals surface area contributed by atoms with Gasteiger partial charge in [0.2, 0.25) is 5.91 Å². The van der Waals surface area contributed by atoms with Crippen LogP contribution in [0.4, 0.5) is 9.52 Å². The molecule has 0 aliphatic carbocycles. The number of rotatable bonds is 9. The quantitative estimate of drug-likeness (QED) is 0.142. The number of esters is 1. The molecule has 0 radical (unpaired) electrons. The molecule has 0 bridgehead atoms. The molecule has 1 saturated heterocycles. The number of carbonyl (C=O) groups excluding carboxylic acids is 2. The van der Waals surface area contributed by atoms with Crippen molar-refractivity contribution in [3.05, 3.63) is 40.7 Å². The van der Waals surface area contributed by atoms with E-state index in [9.17, 15) is 23.6 Å². The average molecular weight is 508 g/mol. The number of hydrogen-bond acceptors (Lipinski definition) is 9. The van der Waals surface area contributed by atoms with Crippen LogP contribution in [0.3, 0.4) is 0 Å². The number of carboxylic acid groups (broad SMARTS) is 2. The minimum Gasteiger partial charge on any atom is -0.481 e. The first-order valence-corrected chi connectivity index (χ1v) is 11.2. The standard InChI is InChI=1S/C21H22FN5O7S/c22-12-7-11(17(23)24)1-2-14(12)34-20(33)15-9-25-21(35-15)27-5-3-10(4-6-27)18(30)26-13(19(31)32)8-16(28)29/h1-2,7,9-10,13H,3-6,8H2,(H3,23,24)(H,26,30)(H,28,29)(H,31,32). The molecule has 0 saturated carbocycles. The van der Waals surface area contributed by atoms with E-state index < -0.39 is 48.0 Å². The van der Waals surface area contributed by atoms with Crippen LogP contribution in [-0.4, -0.2) is 64.0 Å². The third kappa shape index (κ3) is 6.50. The number of carboxylic acids is 2. The summed E-state index contributed by atoms with van der Waals surface area (Å²) in [6.07, 6.45) is 1.33. The zero-order valence-electron chi connectivity index (χ0n) is 18.2. The number of halogens is 1. The lowest BCUT2D eigenvalue weighted by Crippen LogP contribution is -2.47. The zero-order chi connectivity index (χ0) is 25.7. The summed E-state index contributed by atoms with van der Waals surface area (Å²) in [5.74, 6) is -6.06. The molecule has 35 heavy (non-hydrogen) atoms. The van der Waals surface area contributed by atoms with Gasteiger partial charge in [-0.1, -0.05) is 11.3 Å². The van der Waals surface area contributed by atoms with Gasteiger partial charge in [-0.15, -0.1) is 0 Å². The van der Waals surface area contributed by atoms with Crippen LogP contribution < -0.4 is 20.7 Å². The molecule has 2 aromatic rings. The molecule has 1 atom stereocenters. The Labute approximate surface area is 202 Å². The molecule has 3 rings (SSSR count). The number of aliphatic carboxylic acids is 2. The summed E-state index contributed by atoms with van der Waals surface area (Å²) in [5, 5.41) is 28.0. The van der Waals surface area contributed by atoms with Gasteiger partial charge in [0.25, 0.3) is 0 Å². The van der Waals surface area contributed by atoms with Crippen LogP contribution in [0.15, 0.2) is 24.4 Å². The highest BCUT2D eigenvalue weighted by molar-refractivity contribution is 7.17. The Kier molecular flexibility index (Phi) is 7.96. The number of thiazole rings is 1. The summed E-state index contributed by atoms with van der Waals surface area (Å²) >= 11 is 1.03. The number of amidine groups is 1. The Bertz CT molecular complexity index is 1160. The van der Waals surface area contributed by atoms with Gasteiger partial charge < -0.3 is 30.9 Å². The topological polar surface area (TPSA) is 196 Å². The van der Waals surface area contributed by atoms with Crippen molar-refractivity contribution in [2.75, 3.05) is 18.0 Å². The fourth-order valence-corrected chi connectivity index (χ4v) is 4.25. The number of benzene rings is 1. The van der Waals surface area contributed by atoms with Crippen LogP contribution in [0.2, 0.25) is 0 Å². The maximum Gasteiger partial charge on any atom is 0.355 e. The van der Waals surface area contributed by atoms with E-state index in [1.807, 2.05) is 4.90 Å². The molecule has 1 unspecified atom stereocenters. The molecule has 6 N–H and O–H groups in total. The molecule has 0 spiro atoms. The largest absolute Gasteiger partial charge is 0.481 e. The fraction of sp³-hybridized carbons (Fsp3) is 0.333. The smallest absolute Gasteiger partial charge is 0.355 e. The summed E-state index contributed by atoms with van der Waals surface area (Å²) in [5.41, 5.74) is 5.46. The number of ether oxygens (including phenoxy) is 1. The maximum absolute atomic E-state index is 14.1. The predicted octanol–water partition coefficient (Wildman–Crippen LogP) is 1.05. The van der Waals surface area contributed by atoms with Crippen molar-refractivity contribution < 1.29 is 38.5 Å². The number of nitrogen functional groups attached to an aromatic ring is 1. The van der Waals surface area contributed by atoms with E-state index in [0.29, 0.717) is 31.1 Å². The number of piperidine rings is 1. The van der Waals surface area contributed by atoms with Gasteiger partial charge in [0.1, 0.15) is 16.8 Å². The van der Waals surface area contributed by atoms with Gasteiger partial charge >= 0.3 is 17.9 Å². The minimum atomic E-state index is -1.51. The highest BCUT2D eigenvalue weighted by Crippen LogP contribution is 2.29. The lowest BCUT2D eigenvalue weighted by Gasteiger charge is -2.31. The molecule has 2 heterocycles. The zero-order valence-corrected chi connectivity index (χ0v) is 19.0. The van der Waals surface area contributed by atoms with Gasteiger partial charge in [-0.3, -0.25) is 15.0 Å². The number of nitrogens with two attached hydrogens (primary N) is 1. The van der Waals surface area contributed by atoms with Gasteiger partial charge in [0.15, 0.2) is 16.7 Å².